The van der Waals surface area contributed by atoms with Gasteiger partial charge in [0.1, 0.15) is 5.75 Å². The molecule has 160 valence electrons. The zero-order valence-electron chi connectivity index (χ0n) is 18.1. The fourth-order valence-corrected chi connectivity index (χ4v) is 4.38. The minimum absolute atomic E-state index is 0.208. The molecule has 1 aliphatic heterocycles. The molecular formula is C24H36N2O3. The van der Waals surface area contributed by atoms with E-state index in [1.54, 1.807) is 0 Å². The molecule has 0 atom stereocenters. The van der Waals surface area contributed by atoms with Crippen molar-refractivity contribution in [2.24, 2.45) is 5.92 Å². The summed E-state index contributed by atoms with van der Waals surface area (Å²) in [5.41, 5.74) is 2.34. The standard InChI is InChI=1S/C24H36N2O3/c1-19-10-11-20(2)22(17-19)29-16-6-5-9-23(27)25-12-14-26(15-13-25)24(28)18-21-7-3-4-8-21/h10-11,17,21H,3-9,12-16,18H2,1-2H3. The van der Waals surface area contributed by atoms with E-state index in [-0.39, 0.29) is 11.8 Å². The minimum Gasteiger partial charge on any atom is -0.493 e. The van der Waals surface area contributed by atoms with Gasteiger partial charge in [-0.05, 0) is 62.6 Å². The molecule has 0 spiro atoms. The summed E-state index contributed by atoms with van der Waals surface area (Å²) < 4.78 is 5.87. The second-order valence-electron chi connectivity index (χ2n) is 8.69. The Labute approximate surface area is 175 Å². The molecule has 0 bridgehead atoms. The van der Waals surface area contributed by atoms with Crippen molar-refractivity contribution in [2.45, 2.75) is 65.2 Å². The molecule has 0 unspecified atom stereocenters. The fraction of sp³-hybridized carbons (Fsp3) is 0.667. The second-order valence-corrected chi connectivity index (χ2v) is 8.69. The first kappa shape index (κ1) is 21.7. The highest BCUT2D eigenvalue weighted by Crippen LogP contribution is 2.28. The lowest BCUT2D eigenvalue weighted by atomic mass is 10.0. The van der Waals surface area contributed by atoms with E-state index >= 15 is 0 Å². The normalized spacial score (nSPS) is 17.6. The number of hydrogen-bond donors (Lipinski definition) is 0. The predicted octanol–water partition coefficient (Wildman–Crippen LogP) is 4.10. The summed E-state index contributed by atoms with van der Waals surface area (Å²) in [6, 6.07) is 6.23. The molecule has 1 saturated heterocycles. The highest BCUT2D eigenvalue weighted by atomic mass is 16.5. The number of benzene rings is 1. The first-order chi connectivity index (χ1) is 14.0. The average molecular weight is 401 g/mol. The lowest BCUT2D eigenvalue weighted by Gasteiger charge is -2.35. The molecule has 5 heteroatoms. The van der Waals surface area contributed by atoms with E-state index in [1.807, 2.05) is 9.80 Å². The number of ether oxygens (including phenoxy) is 1. The highest BCUT2D eigenvalue weighted by Gasteiger charge is 2.26. The van der Waals surface area contributed by atoms with Crippen LogP contribution >= 0.6 is 0 Å². The summed E-state index contributed by atoms with van der Waals surface area (Å²) in [5, 5.41) is 0. The van der Waals surface area contributed by atoms with Gasteiger partial charge < -0.3 is 14.5 Å². The van der Waals surface area contributed by atoms with Crippen LogP contribution in [0, 0.1) is 19.8 Å². The zero-order valence-corrected chi connectivity index (χ0v) is 18.1. The number of carbonyl (C=O) groups excluding carboxylic acids is 2. The van der Waals surface area contributed by atoms with Gasteiger partial charge in [0.05, 0.1) is 6.61 Å². The first-order valence-electron chi connectivity index (χ1n) is 11.3. The van der Waals surface area contributed by atoms with E-state index in [0.29, 0.717) is 51.5 Å². The van der Waals surface area contributed by atoms with E-state index in [1.165, 1.54) is 31.2 Å². The van der Waals surface area contributed by atoms with Crippen molar-refractivity contribution in [3.63, 3.8) is 0 Å². The summed E-state index contributed by atoms with van der Waals surface area (Å²) in [5.74, 6) is 2.02. The molecule has 5 nitrogen and oxygen atoms in total. The van der Waals surface area contributed by atoms with Gasteiger partial charge in [0.25, 0.3) is 0 Å². The van der Waals surface area contributed by atoms with Crippen LogP contribution in [0.5, 0.6) is 5.75 Å². The summed E-state index contributed by atoms with van der Waals surface area (Å²) in [7, 11) is 0. The maximum absolute atomic E-state index is 12.5. The minimum atomic E-state index is 0.208. The Balaban J connectivity index is 1.29. The van der Waals surface area contributed by atoms with Crippen LogP contribution in [0.1, 0.15) is 62.5 Å². The molecular weight excluding hydrogens is 364 g/mol. The van der Waals surface area contributed by atoms with Crippen molar-refractivity contribution in [2.75, 3.05) is 32.8 Å². The quantitative estimate of drug-likeness (QED) is 0.617. The van der Waals surface area contributed by atoms with Crippen molar-refractivity contribution in [3.8, 4) is 5.75 Å². The van der Waals surface area contributed by atoms with Gasteiger partial charge in [-0.1, -0.05) is 25.0 Å². The molecule has 1 aromatic carbocycles. The van der Waals surface area contributed by atoms with Crippen LogP contribution in [0.2, 0.25) is 0 Å². The topological polar surface area (TPSA) is 49.9 Å². The van der Waals surface area contributed by atoms with E-state index in [2.05, 4.69) is 32.0 Å². The average Bonchev–Trinajstić information content (AvgIpc) is 3.23. The number of unbranched alkanes of at least 4 members (excludes halogenated alkanes) is 1. The van der Waals surface area contributed by atoms with E-state index in [4.69, 9.17) is 4.74 Å². The third-order valence-electron chi connectivity index (χ3n) is 6.31. The summed E-state index contributed by atoms with van der Waals surface area (Å²) in [6.45, 7) is 7.48. The number of rotatable bonds is 8. The Bertz CT molecular complexity index is 689. The Kier molecular flexibility index (Phi) is 7.96. The smallest absolute Gasteiger partial charge is 0.222 e. The van der Waals surface area contributed by atoms with Crippen LogP contribution in [-0.4, -0.2) is 54.4 Å². The Morgan fingerprint density at radius 3 is 2.31 bits per heavy atom. The van der Waals surface area contributed by atoms with Crippen molar-refractivity contribution in [1.82, 2.24) is 9.80 Å². The third-order valence-corrected chi connectivity index (χ3v) is 6.31. The lowest BCUT2D eigenvalue weighted by Crippen LogP contribution is -2.50. The number of amides is 2. The molecule has 2 aliphatic rings. The van der Waals surface area contributed by atoms with Gasteiger partial charge in [0, 0.05) is 39.0 Å². The van der Waals surface area contributed by atoms with Crippen molar-refractivity contribution < 1.29 is 14.3 Å². The van der Waals surface area contributed by atoms with Gasteiger partial charge >= 0.3 is 0 Å². The summed E-state index contributed by atoms with van der Waals surface area (Å²) >= 11 is 0. The molecule has 3 rings (SSSR count). The molecule has 29 heavy (non-hydrogen) atoms. The Hall–Kier alpha value is -2.04. The Morgan fingerprint density at radius 1 is 0.966 bits per heavy atom. The van der Waals surface area contributed by atoms with Gasteiger partial charge in [-0.15, -0.1) is 0 Å². The van der Waals surface area contributed by atoms with Crippen molar-refractivity contribution in [1.29, 1.82) is 0 Å². The molecule has 1 saturated carbocycles. The van der Waals surface area contributed by atoms with Gasteiger partial charge in [0.15, 0.2) is 0 Å². The Morgan fingerprint density at radius 2 is 1.62 bits per heavy atom. The van der Waals surface area contributed by atoms with Gasteiger partial charge in [-0.25, -0.2) is 0 Å². The molecule has 0 aromatic heterocycles. The molecule has 0 N–H and O–H groups in total. The maximum atomic E-state index is 12.5. The SMILES string of the molecule is Cc1ccc(C)c(OCCCCC(=O)N2CCN(C(=O)CC3CCCC3)CC2)c1. The summed E-state index contributed by atoms with van der Waals surface area (Å²) in [6.07, 6.45) is 7.93. The number of aryl methyl sites for hydroxylation is 2. The van der Waals surface area contributed by atoms with Crippen LogP contribution in [0.25, 0.3) is 0 Å². The monoisotopic (exact) mass is 400 g/mol. The molecule has 1 heterocycles. The number of hydrogen-bond acceptors (Lipinski definition) is 3. The predicted molar refractivity (Wildman–Crippen MR) is 115 cm³/mol. The van der Waals surface area contributed by atoms with Gasteiger partial charge in [0.2, 0.25) is 11.8 Å². The van der Waals surface area contributed by atoms with Crippen LogP contribution in [0.4, 0.5) is 0 Å². The third kappa shape index (κ3) is 6.48. The van der Waals surface area contributed by atoms with Crippen LogP contribution < -0.4 is 4.74 Å². The lowest BCUT2D eigenvalue weighted by molar-refractivity contribution is -0.140. The molecule has 1 aromatic rings. The van der Waals surface area contributed by atoms with Crippen LogP contribution in [-0.2, 0) is 9.59 Å². The van der Waals surface area contributed by atoms with Gasteiger partial charge in [-0.3, -0.25) is 9.59 Å². The highest BCUT2D eigenvalue weighted by molar-refractivity contribution is 5.78. The van der Waals surface area contributed by atoms with Crippen LogP contribution in [0.15, 0.2) is 18.2 Å². The molecule has 0 radical (unpaired) electrons. The van der Waals surface area contributed by atoms with E-state index < -0.39 is 0 Å². The van der Waals surface area contributed by atoms with Crippen molar-refractivity contribution in [3.05, 3.63) is 29.3 Å². The molecule has 2 fully saturated rings. The van der Waals surface area contributed by atoms with E-state index in [0.717, 1.165) is 24.2 Å². The largest absolute Gasteiger partial charge is 0.493 e. The van der Waals surface area contributed by atoms with Crippen molar-refractivity contribution >= 4 is 11.8 Å². The molecule has 2 amide bonds. The summed E-state index contributed by atoms with van der Waals surface area (Å²) in [4.78, 5) is 28.8. The fourth-order valence-electron chi connectivity index (χ4n) is 4.38. The number of carbonyl (C=O) groups is 2. The zero-order chi connectivity index (χ0) is 20.6. The molecule has 1 aliphatic carbocycles. The van der Waals surface area contributed by atoms with E-state index in [9.17, 15) is 9.59 Å². The van der Waals surface area contributed by atoms with Crippen LogP contribution in [0.3, 0.4) is 0 Å². The first-order valence-corrected chi connectivity index (χ1v) is 11.3. The van der Waals surface area contributed by atoms with Gasteiger partial charge in [-0.2, -0.15) is 0 Å². The number of nitrogens with zero attached hydrogens (tertiary/aromatic N) is 2. The number of piperazine rings is 1. The second kappa shape index (κ2) is 10.7. The maximum Gasteiger partial charge on any atom is 0.222 e.